The van der Waals surface area contributed by atoms with Crippen LogP contribution in [0.25, 0.3) is 6.08 Å². The van der Waals surface area contributed by atoms with E-state index in [9.17, 15) is 0 Å². The van der Waals surface area contributed by atoms with E-state index >= 15 is 0 Å². The molecule has 0 spiro atoms. The molecule has 98 valence electrons. The summed E-state index contributed by atoms with van der Waals surface area (Å²) in [4.78, 5) is 0. The Labute approximate surface area is 110 Å². The Morgan fingerprint density at radius 3 is 2.61 bits per heavy atom. The van der Waals surface area contributed by atoms with Gasteiger partial charge in [0.2, 0.25) is 0 Å². The van der Waals surface area contributed by atoms with E-state index in [0.29, 0.717) is 0 Å². The van der Waals surface area contributed by atoms with Crippen molar-refractivity contribution >= 4 is 6.08 Å². The summed E-state index contributed by atoms with van der Waals surface area (Å²) >= 11 is 0. The molecule has 1 saturated heterocycles. The molecule has 2 rings (SSSR count). The van der Waals surface area contributed by atoms with Crippen LogP contribution in [0, 0.1) is 0 Å². The number of hydrogen-bond acceptors (Lipinski definition) is 2. The molecule has 1 heterocycles. The molecule has 1 fully saturated rings. The molecule has 1 aromatic rings. The number of rotatable bonds is 5. The third kappa shape index (κ3) is 3.97. The Kier molecular flexibility index (Phi) is 5.43. The highest BCUT2D eigenvalue weighted by Crippen LogP contribution is 2.22. The Morgan fingerprint density at radius 1 is 1.22 bits per heavy atom. The van der Waals surface area contributed by atoms with Crippen molar-refractivity contribution in [1.29, 1.82) is 0 Å². The van der Waals surface area contributed by atoms with Crippen LogP contribution in [0.1, 0.15) is 38.2 Å². The fourth-order valence-corrected chi connectivity index (χ4v) is 2.10. The standard InChI is InChI=1S/C16H22O2/c1-2-3-10-15(16-17-11-7-12-18-16)13-14-8-5-4-6-9-14/h4-6,8-9,13,16H,2-3,7,10-12H2,1H3/b15-13-. The van der Waals surface area contributed by atoms with Crippen LogP contribution < -0.4 is 0 Å². The van der Waals surface area contributed by atoms with Gasteiger partial charge in [-0.15, -0.1) is 0 Å². The van der Waals surface area contributed by atoms with Crippen LogP contribution in [-0.4, -0.2) is 19.5 Å². The fraction of sp³-hybridized carbons (Fsp3) is 0.500. The summed E-state index contributed by atoms with van der Waals surface area (Å²) in [5.41, 5.74) is 2.49. The highest BCUT2D eigenvalue weighted by atomic mass is 16.7. The average molecular weight is 246 g/mol. The Balaban J connectivity index is 2.10. The molecule has 0 bridgehead atoms. The van der Waals surface area contributed by atoms with E-state index in [1.807, 2.05) is 6.07 Å². The van der Waals surface area contributed by atoms with Crippen LogP contribution in [-0.2, 0) is 9.47 Å². The van der Waals surface area contributed by atoms with Gasteiger partial charge in [0.05, 0.1) is 13.2 Å². The lowest BCUT2D eigenvalue weighted by molar-refractivity contribution is -0.157. The van der Waals surface area contributed by atoms with Gasteiger partial charge in [-0.1, -0.05) is 49.8 Å². The van der Waals surface area contributed by atoms with Crippen molar-refractivity contribution in [2.45, 2.75) is 38.9 Å². The van der Waals surface area contributed by atoms with Crippen LogP contribution in [0.15, 0.2) is 35.9 Å². The molecule has 0 amide bonds. The zero-order valence-corrected chi connectivity index (χ0v) is 11.1. The lowest BCUT2D eigenvalue weighted by Gasteiger charge is -2.25. The monoisotopic (exact) mass is 246 g/mol. The van der Waals surface area contributed by atoms with Gasteiger partial charge >= 0.3 is 0 Å². The highest BCUT2D eigenvalue weighted by molar-refractivity contribution is 5.53. The molecular weight excluding hydrogens is 224 g/mol. The highest BCUT2D eigenvalue weighted by Gasteiger charge is 2.18. The third-order valence-electron chi connectivity index (χ3n) is 3.10. The number of hydrogen-bond donors (Lipinski definition) is 0. The minimum Gasteiger partial charge on any atom is -0.349 e. The summed E-state index contributed by atoms with van der Waals surface area (Å²) in [6.45, 7) is 3.83. The molecule has 0 aromatic heterocycles. The van der Waals surface area contributed by atoms with Crippen LogP contribution in [0.3, 0.4) is 0 Å². The van der Waals surface area contributed by atoms with Crippen molar-refractivity contribution in [2.24, 2.45) is 0 Å². The lowest BCUT2D eigenvalue weighted by atomic mass is 10.0. The summed E-state index contributed by atoms with van der Waals surface area (Å²) in [7, 11) is 0. The van der Waals surface area contributed by atoms with E-state index in [2.05, 4.69) is 37.3 Å². The first kappa shape index (κ1) is 13.3. The summed E-state index contributed by atoms with van der Waals surface area (Å²) in [5, 5.41) is 0. The maximum atomic E-state index is 5.72. The molecule has 2 heteroatoms. The first-order valence-corrected chi connectivity index (χ1v) is 6.89. The third-order valence-corrected chi connectivity index (χ3v) is 3.10. The predicted molar refractivity (Wildman–Crippen MR) is 74.3 cm³/mol. The molecule has 0 unspecified atom stereocenters. The van der Waals surface area contributed by atoms with E-state index in [0.717, 1.165) is 26.1 Å². The van der Waals surface area contributed by atoms with Gasteiger partial charge in [-0.05, 0) is 30.4 Å². The van der Waals surface area contributed by atoms with Crippen molar-refractivity contribution < 1.29 is 9.47 Å². The summed E-state index contributed by atoms with van der Waals surface area (Å²) in [6, 6.07) is 10.4. The summed E-state index contributed by atoms with van der Waals surface area (Å²) in [6.07, 6.45) is 6.51. The lowest BCUT2D eigenvalue weighted by Crippen LogP contribution is -2.26. The maximum absolute atomic E-state index is 5.72. The first-order valence-electron chi connectivity index (χ1n) is 6.89. The zero-order chi connectivity index (χ0) is 12.6. The number of unbranched alkanes of at least 4 members (excludes halogenated alkanes) is 1. The molecule has 1 aliphatic heterocycles. The van der Waals surface area contributed by atoms with Gasteiger partial charge in [-0.25, -0.2) is 0 Å². The molecule has 1 aliphatic rings. The van der Waals surface area contributed by atoms with Crippen molar-refractivity contribution in [3.05, 3.63) is 41.5 Å². The van der Waals surface area contributed by atoms with E-state index < -0.39 is 0 Å². The second-order valence-corrected chi connectivity index (χ2v) is 4.66. The largest absolute Gasteiger partial charge is 0.349 e. The molecule has 0 N–H and O–H groups in total. The maximum Gasteiger partial charge on any atom is 0.180 e. The Morgan fingerprint density at radius 2 is 1.94 bits per heavy atom. The Bertz CT molecular complexity index is 364. The van der Waals surface area contributed by atoms with Crippen molar-refractivity contribution in [1.82, 2.24) is 0 Å². The minimum absolute atomic E-state index is 0.134. The van der Waals surface area contributed by atoms with Crippen LogP contribution in [0.2, 0.25) is 0 Å². The van der Waals surface area contributed by atoms with Gasteiger partial charge < -0.3 is 9.47 Å². The van der Waals surface area contributed by atoms with Gasteiger partial charge in [0, 0.05) is 0 Å². The molecule has 0 aliphatic carbocycles. The molecule has 0 saturated carbocycles. The summed E-state index contributed by atoms with van der Waals surface area (Å²) in [5.74, 6) is 0. The SMILES string of the molecule is CCCC/C(=C/c1ccccc1)C1OCCCO1. The van der Waals surface area contributed by atoms with Crippen LogP contribution in [0.5, 0.6) is 0 Å². The first-order chi connectivity index (χ1) is 8.90. The molecular formula is C16H22O2. The molecule has 18 heavy (non-hydrogen) atoms. The van der Waals surface area contributed by atoms with Gasteiger partial charge in [-0.3, -0.25) is 0 Å². The van der Waals surface area contributed by atoms with Gasteiger partial charge in [0.25, 0.3) is 0 Å². The van der Waals surface area contributed by atoms with E-state index in [4.69, 9.17) is 9.47 Å². The molecule has 2 nitrogen and oxygen atoms in total. The van der Waals surface area contributed by atoms with Gasteiger partial charge in [0.15, 0.2) is 6.29 Å². The van der Waals surface area contributed by atoms with Crippen molar-refractivity contribution in [3.8, 4) is 0 Å². The van der Waals surface area contributed by atoms with Gasteiger partial charge in [0.1, 0.15) is 0 Å². The minimum atomic E-state index is -0.134. The van der Waals surface area contributed by atoms with E-state index in [1.165, 1.54) is 24.0 Å². The molecule has 0 radical (unpaired) electrons. The van der Waals surface area contributed by atoms with Crippen LogP contribution in [0.4, 0.5) is 0 Å². The topological polar surface area (TPSA) is 18.5 Å². The quantitative estimate of drug-likeness (QED) is 0.781. The molecule has 0 atom stereocenters. The van der Waals surface area contributed by atoms with Crippen molar-refractivity contribution in [2.75, 3.05) is 13.2 Å². The second-order valence-electron chi connectivity index (χ2n) is 4.66. The number of benzene rings is 1. The summed E-state index contributed by atoms with van der Waals surface area (Å²) < 4.78 is 11.4. The molecule has 1 aromatic carbocycles. The number of ether oxygens (including phenoxy) is 2. The predicted octanol–water partition coefficient (Wildman–Crippen LogP) is 4.02. The van der Waals surface area contributed by atoms with E-state index in [-0.39, 0.29) is 6.29 Å². The van der Waals surface area contributed by atoms with Crippen molar-refractivity contribution in [3.63, 3.8) is 0 Å². The average Bonchev–Trinajstić information content (AvgIpc) is 2.45. The van der Waals surface area contributed by atoms with Gasteiger partial charge in [-0.2, -0.15) is 0 Å². The van der Waals surface area contributed by atoms with E-state index in [1.54, 1.807) is 0 Å². The van der Waals surface area contributed by atoms with Crippen LogP contribution >= 0.6 is 0 Å². The fourth-order valence-electron chi connectivity index (χ4n) is 2.10. The zero-order valence-electron chi connectivity index (χ0n) is 11.1. The Hall–Kier alpha value is -1.12. The smallest absolute Gasteiger partial charge is 0.180 e. The normalized spacial score (nSPS) is 17.9. The second kappa shape index (κ2) is 7.34.